The quantitative estimate of drug-likeness (QED) is 0.681. The van der Waals surface area contributed by atoms with Crippen LogP contribution in [0, 0.1) is 5.92 Å². The molecule has 1 atom stereocenters. The van der Waals surface area contributed by atoms with Crippen molar-refractivity contribution in [1.82, 2.24) is 10.6 Å². The van der Waals surface area contributed by atoms with Crippen LogP contribution >= 0.6 is 0 Å². The molecule has 13 heavy (non-hydrogen) atoms. The highest BCUT2D eigenvalue weighted by molar-refractivity contribution is 5.76. The second kappa shape index (κ2) is 4.61. The van der Waals surface area contributed by atoms with Crippen molar-refractivity contribution in [2.24, 2.45) is 5.92 Å². The average Bonchev–Trinajstić information content (AvgIpc) is 2.01. The van der Waals surface area contributed by atoms with Gasteiger partial charge in [-0.2, -0.15) is 0 Å². The number of hydrogen-bond donors (Lipinski definition) is 2. The van der Waals surface area contributed by atoms with Gasteiger partial charge in [0.25, 0.3) is 0 Å². The first kappa shape index (κ1) is 10.5. The molecule has 3 heteroatoms. The van der Waals surface area contributed by atoms with Crippen molar-refractivity contribution in [3.8, 4) is 0 Å². The van der Waals surface area contributed by atoms with Gasteiger partial charge < -0.3 is 10.6 Å². The first-order valence-corrected chi connectivity index (χ1v) is 5.08. The van der Waals surface area contributed by atoms with E-state index in [1.54, 1.807) is 7.05 Å². The summed E-state index contributed by atoms with van der Waals surface area (Å²) in [7, 11) is 1.68. The van der Waals surface area contributed by atoms with Gasteiger partial charge in [-0.15, -0.1) is 0 Å². The molecule has 1 fully saturated rings. The van der Waals surface area contributed by atoms with E-state index in [1.807, 2.05) is 0 Å². The Bertz CT molecular complexity index is 176. The van der Waals surface area contributed by atoms with Gasteiger partial charge in [0, 0.05) is 25.6 Å². The van der Waals surface area contributed by atoms with Crippen LogP contribution in [0.2, 0.25) is 0 Å². The van der Waals surface area contributed by atoms with Gasteiger partial charge in [-0.25, -0.2) is 0 Å². The second-order valence-corrected chi connectivity index (χ2v) is 4.22. The first-order valence-electron chi connectivity index (χ1n) is 5.08. The summed E-state index contributed by atoms with van der Waals surface area (Å²) in [4.78, 5) is 11.0. The molecular weight excluding hydrogens is 164 g/mol. The molecule has 0 aromatic carbocycles. The summed E-state index contributed by atoms with van der Waals surface area (Å²) < 4.78 is 0. The Hall–Kier alpha value is -0.570. The fraction of sp³-hybridized carbons (Fsp3) is 0.900. The Morgan fingerprint density at radius 2 is 2.15 bits per heavy atom. The van der Waals surface area contributed by atoms with Crippen LogP contribution < -0.4 is 10.6 Å². The minimum Gasteiger partial charge on any atom is -0.359 e. The van der Waals surface area contributed by atoms with Crippen LogP contribution in [0.4, 0.5) is 0 Å². The van der Waals surface area contributed by atoms with E-state index in [0.29, 0.717) is 18.5 Å². The monoisotopic (exact) mass is 184 g/mol. The zero-order valence-corrected chi connectivity index (χ0v) is 8.76. The molecule has 1 saturated carbocycles. The van der Waals surface area contributed by atoms with Gasteiger partial charge in [-0.3, -0.25) is 4.79 Å². The molecule has 0 saturated heterocycles. The first-order chi connectivity index (χ1) is 6.11. The van der Waals surface area contributed by atoms with Gasteiger partial charge in [0.2, 0.25) is 5.91 Å². The van der Waals surface area contributed by atoms with Crippen molar-refractivity contribution in [2.75, 3.05) is 7.05 Å². The van der Waals surface area contributed by atoms with E-state index in [2.05, 4.69) is 24.5 Å². The Kier molecular flexibility index (Phi) is 3.72. The second-order valence-electron chi connectivity index (χ2n) is 4.22. The lowest BCUT2D eigenvalue weighted by Crippen LogP contribution is -2.45. The smallest absolute Gasteiger partial charge is 0.221 e. The van der Waals surface area contributed by atoms with Crippen LogP contribution in [-0.2, 0) is 4.79 Å². The van der Waals surface area contributed by atoms with Crippen molar-refractivity contribution >= 4 is 5.91 Å². The molecule has 0 radical (unpaired) electrons. The van der Waals surface area contributed by atoms with Gasteiger partial charge in [0.15, 0.2) is 0 Å². The van der Waals surface area contributed by atoms with Crippen molar-refractivity contribution in [2.45, 2.75) is 45.2 Å². The van der Waals surface area contributed by atoms with E-state index in [1.165, 1.54) is 12.8 Å². The van der Waals surface area contributed by atoms with Crippen LogP contribution in [0.1, 0.15) is 33.1 Å². The van der Waals surface area contributed by atoms with E-state index >= 15 is 0 Å². The summed E-state index contributed by atoms with van der Waals surface area (Å²) in [5.41, 5.74) is 0. The van der Waals surface area contributed by atoms with Gasteiger partial charge in [-0.05, 0) is 25.7 Å². The maximum Gasteiger partial charge on any atom is 0.221 e. The Labute approximate surface area is 80.3 Å². The van der Waals surface area contributed by atoms with Crippen molar-refractivity contribution in [3.63, 3.8) is 0 Å². The third kappa shape index (κ3) is 3.35. The standard InChI is InChI=1S/C10H20N2O/c1-7-4-9(5-7)12-8(2)6-10(13)11-3/h7-9,12H,4-6H2,1-3H3,(H,11,13). The van der Waals surface area contributed by atoms with Gasteiger partial charge in [-0.1, -0.05) is 6.92 Å². The van der Waals surface area contributed by atoms with Gasteiger partial charge in [0.05, 0.1) is 0 Å². The molecule has 0 aromatic heterocycles. The van der Waals surface area contributed by atoms with E-state index < -0.39 is 0 Å². The summed E-state index contributed by atoms with van der Waals surface area (Å²) in [5.74, 6) is 0.983. The summed E-state index contributed by atoms with van der Waals surface area (Å²) in [6.07, 6.45) is 3.11. The highest BCUT2D eigenvalue weighted by Gasteiger charge is 2.26. The highest BCUT2D eigenvalue weighted by atomic mass is 16.1. The van der Waals surface area contributed by atoms with E-state index in [0.717, 1.165) is 5.92 Å². The SMILES string of the molecule is CNC(=O)CC(C)NC1CC(C)C1. The largest absolute Gasteiger partial charge is 0.359 e. The molecule has 0 bridgehead atoms. The topological polar surface area (TPSA) is 41.1 Å². The van der Waals surface area contributed by atoms with E-state index in [-0.39, 0.29) is 5.91 Å². The third-order valence-electron chi connectivity index (χ3n) is 2.66. The number of nitrogens with one attached hydrogen (secondary N) is 2. The summed E-state index contributed by atoms with van der Waals surface area (Å²) in [6, 6.07) is 0.951. The molecule has 1 rings (SSSR count). The predicted molar refractivity (Wildman–Crippen MR) is 53.5 cm³/mol. The van der Waals surface area contributed by atoms with Crippen LogP contribution in [0.3, 0.4) is 0 Å². The maximum absolute atomic E-state index is 11.0. The molecule has 0 spiro atoms. The molecular formula is C10H20N2O. The van der Waals surface area contributed by atoms with Crippen LogP contribution in [0.5, 0.6) is 0 Å². The minimum atomic E-state index is 0.118. The molecule has 1 amide bonds. The zero-order valence-electron chi connectivity index (χ0n) is 8.76. The van der Waals surface area contributed by atoms with Gasteiger partial charge >= 0.3 is 0 Å². The van der Waals surface area contributed by atoms with Crippen molar-refractivity contribution in [1.29, 1.82) is 0 Å². The summed E-state index contributed by atoms with van der Waals surface area (Å²) >= 11 is 0. The zero-order chi connectivity index (χ0) is 9.84. The lowest BCUT2D eigenvalue weighted by molar-refractivity contribution is -0.121. The lowest BCUT2D eigenvalue weighted by atomic mass is 9.81. The molecule has 1 aliphatic carbocycles. The molecule has 3 nitrogen and oxygen atoms in total. The molecule has 1 unspecified atom stereocenters. The molecule has 0 aliphatic heterocycles. The van der Waals surface area contributed by atoms with Crippen LogP contribution in [0.15, 0.2) is 0 Å². The number of amides is 1. The van der Waals surface area contributed by atoms with Gasteiger partial charge in [0.1, 0.15) is 0 Å². The Morgan fingerprint density at radius 3 is 2.62 bits per heavy atom. The molecule has 2 N–H and O–H groups in total. The number of carbonyl (C=O) groups is 1. The average molecular weight is 184 g/mol. The minimum absolute atomic E-state index is 0.118. The van der Waals surface area contributed by atoms with Crippen LogP contribution in [-0.4, -0.2) is 25.0 Å². The molecule has 0 heterocycles. The number of carbonyl (C=O) groups excluding carboxylic acids is 1. The molecule has 1 aliphatic rings. The summed E-state index contributed by atoms with van der Waals surface area (Å²) in [6.45, 7) is 4.33. The van der Waals surface area contributed by atoms with E-state index in [9.17, 15) is 4.79 Å². The lowest BCUT2D eigenvalue weighted by Gasteiger charge is -2.35. The maximum atomic E-state index is 11.0. The van der Waals surface area contributed by atoms with Crippen molar-refractivity contribution in [3.05, 3.63) is 0 Å². The molecule has 76 valence electrons. The Morgan fingerprint density at radius 1 is 1.54 bits per heavy atom. The number of hydrogen-bond acceptors (Lipinski definition) is 2. The number of rotatable bonds is 4. The normalized spacial score (nSPS) is 29.2. The van der Waals surface area contributed by atoms with Crippen molar-refractivity contribution < 1.29 is 4.79 Å². The summed E-state index contributed by atoms with van der Waals surface area (Å²) in [5, 5.41) is 6.09. The fourth-order valence-electron chi connectivity index (χ4n) is 1.88. The Balaban J connectivity index is 2.11. The van der Waals surface area contributed by atoms with Crippen LogP contribution in [0.25, 0.3) is 0 Å². The highest BCUT2D eigenvalue weighted by Crippen LogP contribution is 2.26. The van der Waals surface area contributed by atoms with E-state index in [4.69, 9.17) is 0 Å². The molecule has 0 aromatic rings. The third-order valence-corrected chi connectivity index (χ3v) is 2.66. The fourth-order valence-corrected chi connectivity index (χ4v) is 1.88. The predicted octanol–water partition coefficient (Wildman–Crippen LogP) is 0.899.